The first-order valence-corrected chi connectivity index (χ1v) is 21.3. The molecule has 5 rings (SSSR count). The fourth-order valence-electron chi connectivity index (χ4n) is 5.96. The Kier molecular flexibility index (Phi) is 12.2. The number of pyridine rings is 1. The molecule has 0 aliphatic rings. The third-order valence-electron chi connectivity index (χ3n) is 8.76. The number of hydrogen-bond donors (Lipinski definition) is 0. The van der Waals surface area contributed by atoms with Gasteiger partial charge in [0.2, 0.25) is 5.16 Å². The zero-order valence-electron chi connectivity index (χ0n) is 31.3. The fraction of sp³-hybridized carbons (Fsp3) is 0.342. The lowest BCUT2D eigenvalue weighted by Crippen LogP contribution is -2.21. The number of sulfone groups is 1. The maximum Gasteiger partial charge on any atom is 0.344 e. The van der Waals surface area contributed by atoms with Gasteiger partial charge in [0, 0.05) is 23.4 Å². The lowest BCUT2D eigenvalue weighted by molar-refractivity contribution is -0.145. The summed E-state index contributed by atoms with van der Waals surface area (Å²) in [5, 5.41) is -0.194. The Hall–Kier alpha value is -4.80. The molecule has 5 aromatic rings. The number of rotatable bonds is 15. The highest BCUT2D eigenvalue weighted by Gasteiger charge is 2.32. The molecular formula is C38H43N3O10S3. The summed E-state index contributed by atoms with van der Waals surface area (Å²) < 4.78 is 91.9. The highest BCUT2D eigenvalue weighted by Crippen LogP contribution is 2.36. The number of hydrogen-bond acceptors (Lipinski definition) is 12. The Balaban J connectivity index is 1.44. The van der Waals surface area contributed by atoms with Gasteiger partial charge in [-0.05, 0) is 81.1 Å². The minimum absolute atomic E-state index is 0.0339. The van der Waals surface area contributed by atoms with Gasteiger partial charge in [-0.2, -0.15) is 0 Å². The zero-order chi connectivity index (χ0) is 39.5. The number of carbonyl (C=O) groups is 1. The molecule has 0 bridgehead atoms. The molecule has 54 heavy (non-hydrogen) atoms. The number of aromatic nitrogens is 3. The summed E-state index contributed by atoms with van der Waals surface area (Å²) in [7, 11) is -7.11. The number of ether oxygens (including phenoxy) is 4. The van der Waals surface area contributed by atoms with Crippen LogP contribution in [0.15, 0.2) is 75.7 Å². The molecule has 13 nitrogen and oxygen atoms in total. The van der Waals surface area contributed by atoms with Crippen LogP contribution in [0.4, 0.5) is 0 Å². The van der Waals surface area contributed by atoms with Crippen LogP contribution in [-0.2, 0) is 45.9 Å². The van der Waals surface area contributed by atoms with Crippen molar-refractivity contribution in [1.82, 2.24) is 13.9 Å². The van der Waals surface area contributed by atoms with E-state index in [1.807, 2.05) is 27.7 Å². The number of aryl methyl sites for hydroxylation is 3. The second-order valence-electron chi connectivity index (χ2n) is 13.0. The smallest absolute Gasteiger partial charge is 0.344 e. The average molecular weight is 798 g/mol. The van der Waals surface area contributed by atoms with Crippen LogP contribution in [0, 0.1) is 27.7 Å². The molecule has 0 spiro atoms. The van der Waals surface area contributed by atoms with Crippen LogP contribution in [0.25, 0.3) is 11.0 Å². The van der Waals surface area contributed by atoms with Gasteiger partial charge in [0.25, 0.3) is 10.0 Å². The molecule has 1 atom stereocenters. The highest BCUT2D eigenvalue weighted by molar-refractivity contribution is 7.91. The summed E-state index contributed by atoms with van der Waals surface area (Å²) in [5.41, 5.74) is 4.03. The number of nitrogens with zero attached hydrogens (tertiary/aromatic N) is 3. The topological polar surface area (TPSA) is 170 Å². The predicted molar refractivity (Wildman–Crippen MR) is 204 cm³/mol. The van der Waals surface area contributed by atoms with E-state index < -0.39 is 49.0 Å². The minimum Gasteiger partial charge on any atom is -0.497 e. The van der Waals surface area contributed by atoms with Gasteiger partial charge in [-0.15, -0.1) is 0 Å². The van der Waals surface area contributed by atoms with Gasteiger partial charge in [0.05, 0.1) is 63.0 Å². The van der Waals surface area contributed by atoms with Crippen LogP contribution in [0.3, 0.4) is 0 Å². The molecule has 2 aromatic heterocycles. The molecule has 0 saturated carbocycles. The van der Waals surface area contributed by atoms with Crippen molar-refractivity contribution in [1.29, 1.82) is 0 Å². The Labute approximate surface area is 318 Å². The van der Waals surface area contributed by atoms with E-state index in [0.29, 0.717) is 33.9 Å². The van der Waals surface area contributed by atoms with Gasteiger partial charge in [-0.1, -0.05) is 31.5 Å². The molecule has 0 N–H and O–H groups in total. The normalized spacial score (nSPS) is 12.5. The standard InChI is InChI=1S/C38H43N3O10S3/c1-23(2)31-18-29(51-21-35(42)50-15-16-53(44,45)30-12-9-24(3)10-13-30)17-25(4)37(31)54(46,47)41-34-14-11-28(48-7)19-32(34)40-38(41)52(43)22-33-27(6)36(49-8)26(5)20-39-33/h9-14,17-20,23H,15-16,21-22H2,1-8H3. The van der Waals surface area contributed by atoms with E-state index in [1.165, 1.54) is 38.5 Å². The number of imidazole rings is 1. The number of methoxy groups -OCH3 is 2. The number of esters is 1. The summed E-state index contributed by atoms with van der Waals surface area (Å²) in [5.74, 6) is -0.419. The van der Waals surface area contributed by atoms with E-state index in [2.05, 4.69) is 9.97 Å². The third kappa shape index (κ3) is 8.45. The number of carbonyl (C=O) groups excluding carboxylic acids is 1. The van der Waals surface area contributed by atoms with E-state index >= 15 is 0 Å². The van der Waals surface area contributed by atoms with Crippen molar-refractivity contribution in [2.45, 2.75) is 68.2 Å². The second-order valence-corrected chi connectivity index (χ2v) is 18.2. The van der Waals surface area contributed by atoms with Gasteiger partial charge in [0.15, 0.2) is 16.4 Å². The maximum atomic E-state index is 14.9. The van der Waals surface area contributed by atoms with E-state index in [0.717, 1.165) is 15.1 Å². The number of fused-ring (bicyclic) bond motifs is 1. The third-order valence-corrected chi connectivity index (χ3v) is 13.7. The van der Waals surface area contributed by atoms with Crippen molar-refractivity contribution in [2.75, 3.05) is 33.2 Å². The van der Waals surface area contributed by atoms with Crippen molar-refractivity contribution >= 4 is 47.7 Å². The van der Waals surface area contributed by atoms with Crippen LogP contribution in [0.2, 0.25) is 0 Å². The molecular weight excluding hydrogens is 755 g/mol. The first-order valence-electron chi connectivity index (χ1n) is 16.9. The number of benzene rings is 3. The molecule has 0 aliphatic heterocycles. The first kappa shape index (κ1) is 40.4. The molecule has 0 fully saturated rings. The van der Waals surface area contributed by atoms with E-state index in [-0.39, 0.29) is 50.0 Å². The van der Waals surface area contributed by atoms with Crippen LogP contribution >= 0.6 is 0 Å². The van der Waals surface area contributed by atoms with Crippen molar-refractivity contribution in [3.63, 3.8) is 0 Å². The van der Waals surface area contributed by atoms with Crippen molar-refractivity contribution in [3.05, 3.63) is 94.3 Å². The van der Waals surface area contributed by atoms with Gasteiger partial charge in [0.1, 0.15) is 23.9 Å². The summed E-state index contributed by atoms with van der Waals surface area (Å²) in [6, 6.07) is 14.1. The summed E-state index contributed by atoms with van der Waals surface area (Å²) in [4.78, 5) is 21.7. The lowest BCUT2D eigenvalue weighted by Gasteiger charge is -2.20. The van der Waals surface area contributed by atoms with Gasteiger partial charge < -0.3 is 18.9 Å². The SMILES string of the molecule is COc1ccc2c(c1)nc(S(=O)Cc1ncc(C)c(OC)c1C)n2S(=O)(=O)c1c(C)cc(OCC(=O)OCCS(=O)(=O)c2ccc(C)cc2)cc1C(C)C. The van der Waals surface area contributed by atoms with E-state index in [4.69, 9.17) is 18.9 Å². The quantitative estimate of drug-likeness (QED) is 0.118. The van der Waals surface area contributed by atoms with Crippen LogP contribution in [-0.4, -0.2) is 74.1 Å². The van der Waals surface area contributed by atoms with E-state index in [9.17, 15) is 25.8 Å². The summed E-state index contributed by atoms with van der Waals surface area (Å²) in [6.07, 6.45) is 1.61. The molecule has 16 heteroatoms. The van der Waals surface area contributed by atoms with Crippen molar-refractivity contribution < 1.29 is 44.8 Å². The largest absolute Gasteiger partial charge is 0.497 e. The first-order chi connectivity index (χ1) is 25.5. The Morgan fingerprint density at radius 1 is 0.889 bits per heavy atom. The van der Waals surface area contributed by atoms with Crippen LogP contribution in [0.1, 0.15) is 53.3 Å². The molecule has 288 valence electrons. The summed E-state index contributed by atoms with van der Waals surface area (Å²) >= 11 is 0. The van der Waals surface area contributed by atoms with E-state index in [1.54, 1.807) is 50.4 Å². The fourth-order valence-corrected chi connectivity index (χ4v) is 10.6. The Morgan fingerprint density at radius 3 is 2.24 bits per heavy atom. The van der Waals surface area contributed by atoms with Gasteiger partial charge in [-0.3, -0.25) is 9.19 Å². The molecule has 0 amide bonds. The molecule has 0 aliphatic carbocycles. The maximum absolute atomic E-state index is 14.9. The van der Waals surface area contributed by atoms with Gasteiger partial charge >= 0.3 is 5.97 Å². The average Bonchev–Trinajstić information content (AvgIpc) is 3.52. The van der Waals surface area contributed by atoms with Gasteiger partial charge in [-0.25, -0.2) is 30.6 Å². The van der Waals surface area contributed by atoms with Crippen molar-refractivity contribution in [3.8, 4) is 17.2 Å². The monoisotopic (exact) mass is 797 g/mol. The molecule has 0 radical (unpaired) electrons. The highest BCUT2D eigenvalue weighted by atomic mass is 32.2. The zero-order valence-corrected chi connectivity index (χ0v) is 33.8. The minimum atomic E-state index is -4.47. The lowest BCUT2D eigenvalue weighted by atomic mass is 10.0. The predicted octanol–water partition coefficient (Wildman–Crippen LogP) is 5.75. The van der Waals surface area contributed by atoms with Crippen LogP contribution < -0.4 is 14.2 Å². The molecule has 1 unspecified atom stereocenters. The van der Waals surface area contributed by atoms with Crippen LogP contribution in [0.5, 0.6) is 17.2 Å². The Bertz CT molecular complexity index is 2460. The second kappa shape index (κ2) is 16.3. The molecule has 0 saturated heterocycles. The summed E-state index contributed by atoms with van der Waals surface area (Å²) in [6.45, 7) is 9.82. The molecule has 3 aromatic carbocycles. The molecule has 2 heterocycles. The van der Waals surface area contributed by atoms with Crippen molar-refractivity contribution in [2.24, 2.45) is 0 Å². The Morgan fingerprint density at radius 2 is 1.59 bits per heavy atom.